The molecule has 8 aromatic rings. The zero-order valence-corrected chi connectivity index (χ0v) is 34.4. The number of carbonyl (C=O) groups is 3. The van der Waals surface area contributed by atoms with Crippen LogP contribution in [0.15, 0.2) is 194 Å². The number of ether oxygens (including phenoxy) is 4. The van der Waals surface area contributed by atoms with Crippen LogP contribution in [-0.4, -0.2) is 17.9 Å². The minimum atomic E-state index is -0.519. The third-order valence-electron chi connectivity index (χ3n) is 11.1. The summed E-state index contributed by atoms with van der Waals surface area (Å²) in [5.41, 5.74) is 8.37. The van der Waals surface area contributed by atoms with Crippen molar-refractivity contribution in [2.24, 2.45) is 0 Å². The highest BCUT2D eigenvalue weighted by Gasteiger charge is 2.25. The Morgan fingerprint density at radius 2 is 0.556 bits per heavy atom. The zero-order chi connectivity index (χ0) is 43.0. The molecule has 0 fully saturated rings. The molecule has 0 saturated carbocycles. The van der Waals surface area contributed by atoms with Gasteiger partial charge in [-0.15, -0.1) is 0 Å². The molecular weight excluding hydrogens is 785 g/mol. The Hall–Kier alpha value is -8.03. The molecule has 1 aliphatic carbocycles. The first kappa shape index (κ1) is 40.4. The van der Waals surface area contributed by atoms with Crippen LogP contribution < -0.4 is 18.9 Å². The molecule has 0 saturated heterocycles. The van der Waals surface area contributed by atoms with Crippen LogP contribution in [-0.2, 0) is 32.3 Å². The van der Waals surface area contributed by atoms with Crippen molar-refractivity contribution in [3.05, 3.63) is 261 Å². The first-order chi connectivity index (χ1) is 31.0. The third-order valence-corrected chi connectivity index (χ3v) is 11.1. The van der Waals surface area contributed by atoms with Crippen LogP contribution in [0.1, 0.15) is 81.1 Å². The van der Waals surface area contributed by atoms with E-state index in [9.17, 15) is 14.4 Å². The van der Waals surface area contributed by atoms with Crippen molar-refractivity contribution >= 4 is 17.9 Å². The van der Waals surface area contributed by atoms with Crippen LogP contribution in [0.4, 0.5) is 0 Å². The second-order valence-corrected chi connectivity index (χ2v) is 15.4. The van der Waals surface area contributed by atoms with Gasteiger partial charge in [0.1, 0.15) is 29.6 Å². The average molecular weight is 827 g/mol. The van der Waals surface area contributed by atoms with Gasteiger partial charge < -0.3 is 18.9 Å². The molecule has 8 bridgehead atoms. The molecule has 8 aromatic carbocycles. The van der Waals surface area contributed by atoms with Gasteiger partial charge in [-0.1, -0.05) is 158 Å². The highest BCUT2D eigenvalue weighted by molar-refractivity contribution is 5.93. The average Bonchev–Trinajstić information content (AvgIpc) is 3.32. The fourth-order valence-corrected chi connectivity index (χ4v) is 7.97. The number of carbonyl (C=O) groups excluding carboxylic acids is 3. The van der Waals surface area contributed by atoms with Crippen LogP contribution in [0.5, 0.6) is 23.0 Å². The summed E-state index contributed by atoms with van der Waals surface area (Å²) in [5, 5.41) is 0. The predicted octanol–water partition coefficient (Wildman–Crippen LogP) is 11.6. The van der Waals surface area contributed by atoms with Crippen LogP contribution >= 0.6 is 0 Å². The quantitative estimate of drug-likeness (QED) is 0.106. The standard InChI is InChI=1S/C56H42O7/c57-54(39-19-7-2-8-20-39)61-51-44-27-14-29-46(51)35-48-31-16-32-49(53(48)63-56(59)41-23-11-4-12-24-41)36-47-30-15-28-45(52(47)62-55(58)40-21-9-3-10-22-40)34-43-26-13-25-42(33-44)50(43)60-37-38-17-5-1-6-18-38/h1-32H,33-37H2. The first-order valence-electron chi connectivity index (χ1n) is 20.9. The molecule has 0 aliphatic heterocycles. The van der Waals surface area contributed by atoms with Gasteiger partial charge in [0.2, 0.25) is 0 Å². The van der Waals surface area contributed by atoms with Gasteiger partial charge >= 0.3 is 17.9 Å². The lowest BCUT2D eigenvalue weighted by Crippen LogP contribution is -2.15. The summed E-state index contributed by atoms with van der Waals surface area (Å²) in [6.45, 7) is 0.315. The smallest absolute Gasteiger partial charge is 0.343 e. The summed E-state index contributed by atoms with van der Waals surface area (Å²) in [6.07, 6.45) is 1.22. The van der Waals surface area contributed by atoms with Gasteiger partial charge in [0.15, 0.2) is 0 Å². The van der Waals surface area contributed by atoms with Gasteiger partial charge in [-0.05, 0) is 86.5 Å². The van der Waals surface area contributed by atoms with Crippen molar-refractivity contribution in [3.63, 3.8) is 0 Å². The molecular formula is C56H42O7. The fraction of sp³-hybridized carbons (Fsp3) is 0.0893. The first-order valence-corrected chi connectivity index (χ1v) is 20.9. The molecule has 0 N–H and O–H groups in total. The Kier molecular flexibility index (Phi) is 12.0. The van der Waals surface area contributed by atoms with Gasteiger partial charge in [-0.3, -0.25) is 0 Å². The van der Waals surface area contributed by atoms with Crippen LogP contribution in [0.2, 0.25) is 0 Å². The second kappa shape index (κ2) is 18.7. The Morgan fingerprint density at radius 1 is 0.302 bits per heavy atom. The molecule has 0 amide bonds. The van der Waals surface area contributed by atoms with Crippen LogP contribution in [0.3, 0.4) is 0 Å². The summed E-state index contributed by atoms with van der Waals surface area (Å²) in [4.78, 5) is 41.7. The number of esters is 3. The van der Waals surface area contributed by atoms with E-state index in [0.29, 0.717) is 70.3 Å². The van der Waals surface area contributed by atoms with E-state index < -0.39 is 17.9 Å². The van der Waals surface area contributed by atoms with Crippen molar-refractivity contribution in [1.29, 1.82) is 0 Å². The van der Waals surface area contributed by atoms with E-state index in [0.717, 1.165) is 38.9 Å². The Bertz CT molecular complexity index is 2760. The normalized spacial score (nSPS) is 11.8. The van der Waals surface area contributed by atoms with Gasteiger partial charge in [0, 0.05) is 25.7 Å². The number of rotatable bonds is 9. The minimum Gasteiger partial charge on any atom is -0.488 e. The van der Waals surface area contributed by atoms with E-state index in [4.69, 9.17) is 18.9 Å². The van der Waals surface area contributed by atoms with E-state index in [1.807, 2.05) is 121 Å². The molecule has 0 heterocycles. The Balaban J connectivity index is 1.23. The van der Waals surface area contributed by atoms with Gasteiger partial charge in [-0.25, -0.2) is 14.4 Å². The number of hydrogen-bond donors (Lipinski definition) is 0. The van der Waals surface area contributed by atoms with Crippen molar-refractivity contribution in [3.8, 4) is 23.0 Å². The molecule has 9 rings (SSSR count). The lowest BCUT2D eigenvalue weighted by Gasteiger charge is -2.22. The van der Waals surface area contributed by atoms with E-state index in [1.54, 1.807) is 72.8 Å². The third kappa shape index (κ3) is 9.33. The van der Waals surface area contributed by atoms with E-state index in [-0.39, 0.29) is 12.8 Å². The molecule has 0 spiro atoms. The lowest BCUT2D eigenvalue weighted by atomic mass is 9.91. The van der Waals surface area contributed by atoms with Crippen molar-refractivity contribution < 1.29 is 33.3 Å². The largest absolute Gasteiger partial charge is 0.488 e. The summed E-state index contributed by atoms with van der Waals surface area (Å²) in [6, 6.07) is 60.2. The maximum absolute atomic E-state index is 13.9. The van der Waals surface area contributed by atoms with Crippen molar-refractivity contribution in [1.82, 2.24) is 0 Å². The van der Waals surface area contributed by atoms with Crippen LogP contribution in [0.25, 0.3) is 0 Å². The SMILES string of the molecule is O=C(Oc1c2cccc1Cc1cccc(c1OC(=O)c1ccccc1)Cc1cccc(c1OC(=O)c1ccccc1)Cc1cccc(c1OCc1ccccc1)C2)c1ccccc1. The maximum atomic E-state index is 13.9. The van der Waals surface area contributed by atoms with E-state index >= 15 is 0 Å². The zero-order valence-electron chi connectivity index (χ0n) is 34.4. The van der Waals surface area contributed by atoms with Crippen molar-refractivity contribution in [2.75, 3.05) is 0 Å². The van der Waals surface area contributed by atoms with Gasteiger partial charge in [-0.2, -0.15) is 0 Å². The number of para-hydroxylation sites is 4. The van der Waals surface area contributed by atoms with Gasteiger partial charge in [0.05, 0.1) is 16.7 Å². The highest BCUT2D eigenvalue weighted by Crippen LogP contribution is 2.40. The monoisotopic (exact) mass is 826 g/mol. The molecule has 1 aliphatic rings. The fourth-order valence-electron chi connectivity index (χ4n) is 7.97. The minimum absolute atomic E-state index is 0.254. The number of fused-ring (bicyclic) bond motifs is 8. The summed E-state index contributed by atoms with van der Waals surface area (Å²) >= 11 is 0. The number of hydrogen-bond acceptors (Lipinski definition) is 7. The molecule has 63 heavy (non-hydrogen) atoms. The molecule has 0 radical (unpaired) electrons. The lowest BCUT2D eigenvalue weighted by molar-refractivity contribution is 0.0722. The summed E-state index contributed by atoms with van der Waals surface area (Å²) < 4.78 is 26.0. The number of benzene rings is 8. The summed E-state index contributed by atoms with van der Waals surface area (Å²) in [7, 11) is 0. The van der Waals surface area contributed by atoms with Gasteiger partial charge in [0.25, 0.3) is 0 Å². The van der Waals surface area contributed by atoms with E-state index in [2.05, 4.69) is 0 Å². The topological polar surface area (TPSA) is 88.1 Å². The second-order valence-electron chi connectivity index (χ2n) is 15.4. The molecule has 7 nitrogen and oxygen atoms in total. The molecule has 0 atom stereocenters. The Labute approximate surface area is 366 Å². The maximum Gasteiger partial charge on any atom is 0.343 e. The predicted molar refractivity (Wildman–Crippen MR) is 242 cm³/mol. The summed E-state index contributed by atoms with van der Waals surface area (Å²) in [5.74, 6) is 0.395. The molecule has 0 unspecified atom stereocenters. The molecule has 0 aromatic heterocycles. The molecule has 7 heteroatoms. The van der Waals surface area contributed by atoms with E-state index in [1.165, 1.54) is 0 Å². The molecule has 308 valence electrons. The Morgan fingerprint density at radius 3 is 0.841 bits per heavy atom. The van der Waals surface area contributed by atoms with Crippen molar-refractivity contribution in [2.45, 2.75) is 32.3 Å². The van der Waals surface area contributed by atoms with Crippen LogP contribution in [0, 0.1) is 0 Å². The highest BCUT2D eigenvalue weighted by atomic mass is 16.5.